The minimum Gasteiger partial charge on any atom is -0.362 e. The van der Waals surface area contributed by atoms with E-state index in [1.54, 1.807) is 0 Å². The van der Waals surface area contributed by atoms with E-state index in [-0.39, 0.29) is 0 Å². The average Bonchev–Trinajstić information content (AvgIpc) is 2.66. The molecule has 1 aliphatic rings. The first kappa shape index (κ1) is 19.6. The van der Waals surface area contributed by atoms with Crippen LogP contribution in [-0.2, 0) is 6.42 Å². The molecule has 2 N–H and O–H groups in total. The minimum absolute atomic E-state index is 0.651. The van der Waals surface area contributed by atoms with Crippen LogP contribution in [0, 0.1) is 11.8 Å². The van der Waals surface area contributed by atoms with Crippen LogP contribution in [0.15, 0.2) is 48.7 Å². The number of hydrogen-bond donors (Lipinski definition) is 2. The molecule has 0 aliphatic carbocycles. The summed E-state index contributed by atoms with van der Waals surface area (Å²) >= 11 is 5.39. The zero-order valence-electron chi connectivity index (χ0n) is 16.3. The van der Waals surface area contributed by atoms with E-state index in [1.807, 2.05) is 12.3 Å². The van der Waals surface area contributed by atoms with Crippen molar-refractivity contribution in [1.82, 2.24) is 10.3 Å². The summed E-state index contributed by atoms with van der Waals surface area (Å²) in [6, 6.07) is 14.7. The molecular weight excluding hydrogens is 352 g/mol. The third kappa shape index (κ3) is 6.21. The Hall–Kier alpha value is -2.14. The molecule has 2 heterocycles. The van der Waals surface area contributed by atoms with Crippen LogP contribution in [0.1, 0.15) is 32.3 Å². The lowest BCUT2D eigenvalue weighted by atomic mass is 9.92. The van der Waals surface area contributed by atoms with Gasteiger partial charge in [-0.15, -0.1) is 0 Å². The first-order valence-corrected chi connectivity index (χ1v) is 10.3. The smallest absolute Gasteiger partial charge is 0.170 e. The number of aromatic nitrogens is 1. The molecule has 1 saturated heterocycles. The van der Waals surface area contributed by atoms with Crippen molar-refractivity contribution in [2.75, 3.05) is 29.9 Å². The van der Waals surface area contributed by atoms with Gasteiger partial charge in [-0.1, -0.05) is 44.2 Å². The Bertz CT molecular complexity index is 707. The Kier molecular flexibility index (Phi) is 7.04. The van der Waals surface area contributed by atoms with E-state index in [1.165, 1.54) is 12.0 Å². The summed E-state index contributed by atoms with van der Waals surface area (Å²) in [5.74, 6) is 2.50. The van der Waals surface area contributed by atoms with Gasteiger partial charge in [0.05, 0.1) is 11.9 Å². The quantitative estimate of drug-likeness (QED) is 0.569. The van der Waals surface area contributed by atoms with Gasteiger partial charge >= 0.3 is 0 Å². The van der Waals surface area contributed by atoms with Crippen LogP contribution in [-0.4, -0.2) is 29.7 Å². The summed E-state index contributed by atoms with van der Waals surface area (Å²) in [4.78, 5) is 7.03. The summed E-state index contributed by atoms with van der Waals surface area (Å²) in [7, 11) is 0. The van der Waals surface area contributed by atoms with Gasteiger partial charge in [0.15, 0.2) is 5.11 Å². The molecule has 1 fully saturated rings. The van der Waals surface area contributed by atoms with Crippen molar-refractivity contribution in [3.8, 4) is 0 Å². The van der Waals surface area contributed by atoms with Crippen molar-refractivity contribution >= 4 is 28.8 Å². The normalized spacial score (nSPS) is 19.6. The molecule has 1 aliphatic heterocycles. The van der Waals surface area contributed by atoms with Crippen LogP contribution in [0.5, 0.6) is 0 Å². The van der Waals surface area contributed by atoms with Gasteiger partial charge < -0.3 is 15.5 Å². The van der Waals surface area contributed by atoms with Gasteiger partial charge in [0.2, 0.25) is 0 Å². The average molecular weight is 383 g/mol. The van der Waals surface area contributed by atoms with E-state index in [0.29, 0.717) is 5.11 Å². The van der Waals surface area contributed by atoms with Crippen molar-refractivity contribution in [3.63, 3.8) is 0 Å². The monoisotopic (exact) mass is 382 g/mol. The lowest BCUT2D eigenvalue weighted by Gasteiger charge is -2.35. The zero-order valence-corrected chi connectivity index (χ0v) is 17.1. The number of benzene rings is 1. The van der Waals surface area contributed by atoms with Crippen LogP contribution in [0.25, 0.3) is 0 Å². The molecular formula is C22H30N4S. The molecule has 5 heteroatoms. The van der Waals surface area contributed by atoms with Crippen LogP contribution in [0.4, 0.5) is 11.5 Å². The molecule has 0 spiro atoms. The Balaban J connectivity index is 1.41. The van der Waals surface area contributed by atoms with Crippen molar-refractivity contribution in [1.29, 1.82) is 0 Å². The molecule has 3 rings (SSSR count). The number of piperidine rings is 1. The third-order valence-electron chi connectivity index (χ3n) is 4.97. The molecule has 27 heavy (non-hydrogen) atoms. The molecule has 0 unspecified atom stereocenters. The molecule has 2 aromatic rings. The highest BCUT2D eigenvalue weighted by Gasteiger charge is 2.22. The summed E-state index contributed by atoms with van der Waals surface area (Å²) in [5.41, 5.74) is 2.29. The van der Waals surface area contributed by atoms with Gasteiger partial charge in [-0.2, -0.15) is 0 Å². The van der Waals surface area contributed by atoms with Crippen molar-refractivity contribution in [2.45, 2.75) is 33.1 Å². The summed E-state index contributed by atoms with van der Waals surface area (Å²) in [5, 5.41) is 7.15. The highest BCUT2D eigenvalue weighted by Crippen LogP contribution is 2.25. The number of nitrogens with zero attached hydrogens (tertiary/aromatic N) is 2. The number of pyridine rings is 1. The van der Waals surface area contributed by atoms with Gasteiger partial charge in [-0.25, -0.2) is 4.98 Å². The maximum Gasteiger partial charge on any atom is 0.170 e. The molecule has 0 amide bonds. The Morgan fingerprint density at radius 1 is 1.11 bits per heavy atom. The van der Waals surface area contributed by atoms with Crippen molar-refractivity contribution in [3.05, 3.63) is 54.2 Å². The van der Waals surface area contributed by atoms with E-state index >= 15 is 0 Å². The van der Waals surface area contributed by atoms with Crippen LogP contribution < -0.4 is 15.5 Å². The molecule has 4 nitrogen and oxygen atoms in total. The number of anilines is 2. The minimum atomic E-state index is 0.651. The highest BCUT2D eigenvalue weighted by molar-refractivity contribution is 7.80. The van der Waals surface area contributed by atoms with Crippen molar-refractivity contribution < 1.29 is 0 Å². The molecule has 0 saturated carbocycles. The Morgan fingerprint density at radius 2 is 1.85 bits per heavy atom. The third-order valence-corrected chi connectivity index (χ3v) is 5.22. The lowest BCUT2D eigenvalue weighted by Crippen LogP contribution is -2.39. The number of rotatable bonds is 6. The van der Waals surface area contributed by atoms with E-state index < -0.39 is 0 Å². The predicted octanol–water partition coefficient (Wildman–Crippen LogP) is 4.48. The topological polar surface area (TPSA) is 40.2 Å². The molecule has 1 aromatic heterocycles. The van der Waals surface area contributed by atoms with Gasteiger partial charge in [-0.05, 0) is 61.0 Å². The first-order chi connectivity index (χ1) is 13.1. The molecule has 1 aromatic carbocycles. The second kappa shape index (κ2) is 9.70. The number of thiocarbonyl (C=S) groups is 1. The Labute approximate surface area is 168 Å². The maximum atomic E-state index is 5.39. The van der Waals surface area contributed by atoms with E-state index in [4.69, 9.17) is 12.2 Å². The summed E-state index contributed by atoms with van der Waals surface area (Å²) in [6.07, 6.45) is 5.28. The Morgan fingerprint density at radius 3 is 2.52 bits per heavy atom. The van der Waals surface area contributed by atoms with Crippen molar-refractivity contribution in [2.24, 2.45) is 11.8 Å². The number of hydrogen-bond acceptors (Lipinski definition) is 3. The second-order valence-corrected chi connectivity index (χ2v) is 8.13. The fourth-order valence-electron chi connectivity index (χ4n) is 3.81. The first-order valence-electron chi connectivity index (χ1n) is 9.90. The van der Waals surface area contributed by atoms with E-state index in [0.717, 1.165) is 55.8 Å². The van der Waals surface area contributed by atoms with Gasteiger partial charge in [0.25, 0.3) is 0 Å². The van der Waals surface area contributed by atoms with Crippen LogP contribution in [0.2, 0.25) is 0 Å². The predicted molar refractivity (Wildman–Crippen MR) is 118 cm³/mol. The van der Waals surface area contributed by atoms with E-state index in [9.17, 15) is 0 Å². The summed E-state index contributed by atoms with van der Waals surface area (Å²) < 4.78 is 0. The largest absolute Gasteiger partial charge is 0.362 e. The second-order valence-electron chi connectivity index (χ2n) is 7.73. The number of aryl methyl sites for hydroxylation is 1. The fourth-order valence-corrected chi connectivity index (χ4v) is 4.03. The maximum absolute atomic E-state index is 5.39. The summed E-state index contributed by atoms with van der Waals surface area (Å²) in [6.45, 7) is 7.67. The SMILES string of the molecule is C[C@@H]1C[C@@H](C)CN(c2ccc(NC(=S)NCCCc3ccccc3)cn2)C1. The molecule has 2 atom stereocenters. The van der Waals surface area contributed by atoms with E-state index in [2.05, 4.69) is 70.8 Å². The van der Waals surface area contributed by atoms with Crippen LogP contribution >= 0.6 is 12.2 Å². The van der Waals surface area contributed by atoms with Gasteiger partial charge in [0, 0.05) is 19.6 Å². The van der Waals surface area contributed by atoms with Crippen LogP contribution in [0.3, 0.4) is 0 Å². The molecule has 144 valence electrons. The number of nitrogens with one attached hydrogen (secondary N) is 2. The lowest BCUT2D eigenvalue weighted by molar-refractivity contribution is 0.355. The standard InChI is InChI=1S/C22H30N4S/c1-17-13-18(2)16-26(15-17)21-11-10-20(14-24-21)25-22(27)23-12-6-9-19-7-4-3-5-8-19/h3-5,7-8,10-11,14,17-18H,6,9,12-13,15-16H2,1-2H3,(H2,23,25,27)/t17-,18-/m1/s1. The van der Waals surface area contributed by atoms with Gasteiger partial charge in [0.1, 0.15) is 5.82 Å². The fraction of sp³-hybridized carbons (Fsp3) is 0.455. The molecule has 0 radical (unpaired) electrons. The van der Waals surface area contributed by atoms with Gasteiger partial charge in [-0.3, -0.25) is 0 Å². The zero-order chi connectivity index (χ0) is 19.1. The highest BCUT2D eigenvalue weighted by atomic mass is 32.1. The molecule has 0 bridgehead atoms.